The zero-order chi connectivity index (χ0) is 15.8. The lowest BCUT2D eigenvalue weighted by Crippen LogP contribution is -2.10. The van der Waals surface area contributed by atoms with E-state index >= 15 is 0 Å². The number of alkyl halides is 3. The van der Waals surface area contributed by atoms with Crippen molar-refractivity contribution in [3.63, 3.8) is 0 Å². The van der Waals surface area contributed by atoms with Gasteiger partial charge in [-0.3, -0.25) is 4.79 Å². The van der Waals surface area contributed by atoms with Crippen molar-refractivity contribution in [1.29, 1.82) is 0 Å². The van der Waals surface area contributed by atoms with Crippen molar-refractivity contribution in [3.05, 3.63) is 61.8 Å². The zero-order valence-electron chi connectivity index (χ0n) is 10.0. The maximum Gasteiger partial charge on any atom is 0.433 e. The van der Waals surface area contributed by atoms with Gasteiger partial charge in [0.15, 0.2) is 5.78 Å². The van der Waals surface area contributed by atoms with Crippen LogP contribution in [0.5, 0.6) is 0 Å². The van der Waals surface area contributed by atoms with Gasteiger partial charge in [-0.05, 0) is 46.3 Å². The molecule has 0 aliphatic carbocycles. The molecule has 0 saturated carbocycles. The third-order valence-corrected chi connectivity index (χ3v) is 4.09. The third-order valence-electron chi connectivity index (χ3n) is 2.57. The van der Waals surface area contributed by atoms with E-state index in [1.165, 1.54) is 12.1 Å². The largest absolute Gasteiger partial charge is 0.433 e. The van der Waals surface area contributed by atoms with Gasteiger partial charge in [0.05, 0.1) is 10.6 Å². The zero-order valence-corrected chi connectivity index (χ0v) is 13.1. The summed E-state index contributed by atoms with van der Waals surface area (Å²) in [4.78, 5) is 15.4. The molecule has 0 bridgehead atoms. The summed E-state index contributed by atoms with van der Waals surface area (Å²) < 4.78 is 38.1. The van der Waals surface area contributed by atoms with E-state index in [9.17, 15) is 18.0 Å². The van der Waals surface area contributed by atoms with Crippen molar-refractivity contribution in [2.24, 2.45) is 0 Å². The van der Waals surface area contributed by atoms with E-state index in [1.807, 2.05) is 0 Å². The smallest absolute Gasteiger partial charge is 0.288 e. The summed E-state index contributed by atoms with van der Waals surface area (Å²) in [6.07, 6.45) is -4.62. The van der Waals surface area contributed by atoms with Crippen molar-refractivity contribution in [3.8, 4) is 0 Å². The second kappa shape index (κ2) is 5.94. The van der Waals surface area contributed by atoms with Crippen LogP contribution < -0.4 is 0 Å². The van der Waals surface area contributed by atoms with Crippen LogP contribution in [-0.2, 0) is 6.18 Å². The number of nitrogens with zero attached hydrogens (tertiary/aromatic N) is 1. The SMILES string of the molecule is O=C(c1ccc(Br)c(Cl)c1)c1ccc(C(F)(F)F)nc1Cl. The lowest BCUT2D eigenvalue weighted by molar-refractivity contribution is -0.141. The number of benzene rings is 1. The van der Waals surface area contributed by atoms with Gasteiger partial charge in [-0.15, -0.1) is 0 Å². The molecule has 1 aromatic carbocycles. The summed E-state index contributed by atoms with van der Waals surface area (Å²) >= 11 is 14.7. The van der Waals surface area contributed by atoms with Crippen LogP contribution in [0.1, 0.15) is 21.6 Å². The molecule has 110 valence electrons. The van der Waals surface area contributed by atoms with Gasteiger partial charge in [-0.25, -0.2) is 4.98 Å². The Hall–Kier alpha value is -1.11. The average Bonchev–Trinajstić information content (AvgIpc) is 2.40. The van der Waals surface area contributed by atoms with Crippen molar-refractivity contribution in [1.82, 2.24) is 4.98 Å². The Balaban J connectivity index is 2.42. The number of hydrogen-bond acceptors (Lipinski definition) is 2. The molecular weight excluding hydrogens is 394 g/mol. The number of carbonyl (C=O) groups excluding carboxylic acids is 1. The van der Waals surface area contributed by atoms with E-state index in [4.69, 9.17) is 23.2 Å². The van der Waals surface area contributed by atoms with E-state index in [2.05, 4.69) is 20.9 Å². The fourth-order valence-corrected chi connectivity index (χ4v) is 2.22. The molecule has 2 nitrogen and oxygen atoms in total. The lowest BCUT2D eigenvalue weighted by atomic mass is 10.0. The first-order valence-corrected chi connectivity index (χ1v) is 6.98. The quantitative estimate of drug-likeness (QED) is 0.500. The van der Waals surface area contributed by atoms with Crippen LogP contribution in [-0.4, -0.2) is 10.8 Å². The van der Waals surface area contributed by atoms with E-state index in [1.54, 1.807) is 6.07 Å². The van der Waals surface area contributed by atoms with Crippen LogP contribution in [0, 0.1) is 0 Å². The molecule has 2 aromatic rings. The van der Waals surface area contributed by atoms with E-state index in [0.29, 0.717) is 15.6 Å². The third kappa shape index (κ3) is 3.56. The molecule has 0 spiro atoms. The van der Waals surface area contributed by atoms with E-state index in [-0.39, 0.29) is 11.1 Å². The van der Waals surface area contributed by atoms with Gasteiger partial charge in [-0.1, -0.05) is 23.2 Å². The predicted molar refractivity (Wildman–Crippen MR) is 76.8 cm³/mol. The highest BCUT2D eigenvalue weighted by Gasteiger charge is 2.33. The Morgan fingerprint density at radius 2 is 1.81 bits per heavy atom. The van der Waals surface area contributed by atoms with Crippen molar-refractivity contribution in [2.75, 3.05) is 0 Å². The van der Waals surface area contributed by atoms with Gasteiger partial charge in [0.1, 0.15) is 10.8 Å². The summed E-state index contributed by atoms with van der Waals surface area (Å²) in [7, 11) is 0. The molecule has 0 fully saturated rings. The Kier molecular flexibility index (Phi) is 4.60. The fraction of sp³-hybridized carbons (Fsp3) is 0.0769. The first-order chi connectivity index (χ1) is 9.70. The summed E-state index contributed by atoms with van der Waals surface area (Å²) in [5.41, 5.74) is -1.08. The second-order valence-electron chi connectivity index (χ2n) is 3.99. The summed E-state index contributed by atoms with van der Waals surface area (Å²) in [5.74, 6) is -0.560. The molecule has 0 aliphatic heterocycles. The molecule has 1 aromatic heterocycles. The Morgan fingerprint density at radius 1 is 1.14 bits per heavy atom. The number of ketones is 1. The number of pyridine rings is 1. The summed E-state index contributed by atoms with van der Waals surface area (Å²) in [6, 6.07) is 6.13. The van der Waals surface area contributed by atoms with Crippen LogP contribution in [0.2, 0.25) is 10.2 Å². The molecular formula is C13H5BrCl2F3NO. The maximum absolute atomic E-state index is 12.5. The molecule has 8 heteroatoms. The highest BCUT2D eigenvalue weighted by Crippen LogP contribution is 2.30. The van der Waals surface area contributed by atoms with Crippen molar-refractivity contribution >= 4 is 44.9 Å². The van der Waals surface area contributed by atoms with Crippen LogP contribution in [0.4, 0.5) is 13.2 Å². The second-order valence-corrected chi connectivity index (χ2v) is 5.61. The number of aromatic nitrogens is 1. The van der Waals surface area contributed by atoms with Gasteiger partial charge < -0.3 is 0 Å². The van der Waals surface area contributed by atoms with Gasteiger partial charge in [-0.2, -0.15) is 13.2 Å². The number of carbonyl (C=O) groups is 1. The highest BCUT2D eigenvalue weighted by molar-refractivity contribution is 9.10. The molecule has 2 rings (SSSR count). The lowest BCUT2D eigenvalue weighted by Gasteiger charge is -2.08. The fourth-order valence-electron chi connectivity index (χ4n) is 1.55. The molecule has 1 heterocycles. The first-order valence-electron chi connectivity index (χ1n) is 5.43. The van der Waals surface area contributed by atoms with Crippen molar-refractivity contribution in [2.45, 2.75) is 6.18 Å². The van der Waals surface area contributed by atoms with Gasteiger partial charge in [0.25, 0.3) is 0 Å². The first kappa shape index (κ1) is 16.3. The standard InChI is InChI=1S/C13H5BrCl2F3NO/c14-8-3-1-6(5-9(8)15)11(21)7-2-4-10(13(17,18)19)20-12(7)16/h1-5H. The molecule has 0 saturated heterocycles. The Morgan fingerprint density at radius 3 is 2.33 bits per heavy atom. The number of hydrogen-bond donors (Lipinski definition) is 0. The summed E-state index contributed by atoms with van der Waals surface area (Å²) in [6.45, 7) is 0. The minimum Gasteiger partial charge on any atom is -0.288 e. The Bertz CT molecular complexity index is 719. The van der Waals surface area contributed by atoms with Gasteiger partial charge >= 0.3 is 6.18 Å². The molecule has 0 atom stereocenters. The predicted octanol–water partition coefficient (Wildman–Crippen LogP) is 5.40. The van der Waals surface area contributed by atoms with Crippen molar-refractivity contribution < 1.29 is 18.0 Å². The summed E-state index contributed by atoms with van der Waals surface area (Å²) in [5, 5.41) is -0.203. The molecule has 0 N–H and O–H groups in total. The molecule has 0 aliphatic rings. The topological polar surface area (TPSA) is 30.0 Å². The van der Waals surface area contributed by atoms with Crippen LogP contribution in [0.3, 0.4) is 0 Å². The normalized spacial score (nSPS) is 11.5. The van der Waals surface area contributed by atoms with Crippen LogP contribution in [0.25, 0.3) is 0 Å². The van der Waals surface area contributed by atoms with Crippen LogP contribution in [0.15, 0.2) is 34.8 Å². The monoisotopic (exact) mass is 397 g/mol. The van der Waals surface area contributed by atoms with E-state index < -0.39 is 22.8 Å². The molecule has 21 heavy (non-hydrogen) atoms. The Labute approximate surface area is 136 Å². The van der Waals surface area contributed by atoms with Gasteiger partial charge in [0, 0.05) is 10.0 Å². The average molecular weight is 399 g/mol. The van der Waals surface area contributed by atoms with Crippen LogP contribution >= 0.6 is 39.1 Å². The number of rotatable bonds is 2. The number of halogens is 6. The van der Waals surface area contributed by atoms with E-state index in [0.717, 1.165) is 6.07 Å². The maximum atomic E-state index is 12.5. The molecule has 0 unspecified atom stereocenters. The minimum atomic E-state index is -4.62. The molecule has 0 amide bonds. The minimum absolute atomic E-state index is 0.122. The molecule has 0 radical (unpaired) electrons. The van der Waals surface area contributed by atoms with Gasteiger partial charge in [0.2, 0.25) is 0 Å². The highest BCUT2D eigenvalue weighted by atomic mass is 79.9.